The van der Waals surface area contributed by atoms with Crippen LogP contribution in [0, 0.1) is 11.8 Å². The summed E-state index contributed by atoms with van der Waals surface area (Å²) in [5.41, 5.74) is 1.92. The lowest BCUT2D eigenvalue weighted by Gasteiger charge is -2.32. The highest BCUT2D eigenvalue weighted by molar-refractivity contribution is 5.65. The first-order chi connectivity index (χ1) is 15.6. The van der Waals surface area contributed by atoms with Crippen molar-refractivity contribution in [2.45, 2.75) is 12.8 Å². The predicted octanol–water partition coefficient (Wildman–Crippen LogP) is 5.49. The summed E-state index contributed by atoms with van der Waals surface area (Å²) in [6.07, 6.45) is 11.0. The molecule has 0 heterocycles. The van der Waals surface area contributed by atoms with Crippen LogP contribution in [0.5, 0.6) is 34.5 Å². The number of rotatable bonds is 10. The molecule has 1 saturated carbocycles. The molecule has 6 heteroatoms. The van der Waals surface area contributed by atoms with Crippen molar-refractivity contribution in [3.8, 4) is 34.5 Å². The molecule has 32 heavy (non-hydrogen) atoms. The van der Waals surface area contributed by atoms with E-state index in [1.165, 1.54) is 0 Å². The van der Waals surface area contributed by atoms with E-state index in [0.29, 0.717) is 34.8 Å². The van der Waals surface area contributed by atoms with E-state index in [1.54, 1.807) is 42.7 Å². The Morgan fingerprint density at radius 2 is 0.812 bits per heavy atom. The van der Waals surface area contributed by atoms with Gasteiger partial charge >= 0.3 is 0 Å². The first-order valence-corrected chi connectivity index (χ1v) is 10.5. The van der Waals surface area contributed by atoms with E-state index < -0.39 is 0 Å². The molecule has 2 atom stereocenters. The molecule has 0 N–H and O–H groups in total. The average Bonchev–Trinajstić information content (AvgIpc) is 2.82. The lowest BCUT2D eigenvalue weighted by molar-refractivity contribution is 0.288. The third-order valence-corrected chi connectivity index (χ3v) is 5.90. The van der Waals surface area contributed by atoms with Gasteiger partial charge in [-0.25, -0.2) is 0 Å². The normalized spacial score (nSPS) is 17.8. The van der Waals surface area contributed by atoms with Gasteiger partial charge in [0.1, 0.15) is 11.5 Å². The number of methoxy groups -OCH3 is 6. The van der Waals surface area contributed by atoms with Gasteiger partial charge < -0.3 is 28.4 Å². The maximum Gasteiger partial charge on any atom is 0.164 e. The standard InChI is InChI=1S/C26H32O6/c1-27-21-15-25(31-5)23(29-3)13-19(21)11-9-17-7-8-18(17)10-12-20-14-24(30-4)26(32-6)16-22(20)28-2/h9-18H,7-8H2,1-6H3/b11-9-,12-10+/t17-,18+/m0/s1. The fourth-order valence-corrected chi connectivity index (χ4v) is 3.85. The largest absolute Gasteiger partial charge is 0.496 e. The first-order valence-electron chi connectivity index (χ1n) is 10.5. The average molecular weight is 441 g/mol. The van der Waals surface area contributed by atoms with Crippen LogP contribution in [-0.4, -0.2) is 42.7 Å². The van der Waals surface area contributed by atoms with Crippen LogP contribution in [0.1, 0.15) is 24.0 Å². The Bertz CT molecular complexity index is 899. The molecule has 2 aromatic carbocycles. The quantitative estimate of drug-likeness (QED) is 0.487. The maximum atomic E-state index is 5.53. The molecule has 1 fully saturated rings. The maximum absolute atomic E-state index is 5.53. The summed E-state index contributed by atoms with van der Waals surface area (Å²) in [4.78, 5) is 0. The highest BCUT2D eigenvalue weighted by Gasteiger charge is 2.26. The Morgan fingerprint density at radius 1 is 0.500 bits per heavy atom. The van der Waals surface area contributed by atoms with E-state index in [-0.39, 0.29) is 0 Å². The van der Waals surface area contributed by atoms with E-state index in [2.05, 4.69) is 24.3 Å². The molecule has 0 bridgehead atoms. The zero-order chi connectivity index (χ0) is 23.1. The SMILES string of the molecule is COc1cc(OC)c(OC)cc1/C=C\[C@@H]1CC[C@@H]1/C=C/c1cc(OC)c(OC)cc1OC. The molecule has 0 radical (unpaired) electrons. The van der Waals surface area contributed by atoms with Gasteiger partial charge in [0.05, 0.1) is 42.7 Å². The van der Waals surface area contributed by atoms with E-state index >= 15 is 0 Å². The second kappa shape index (κ2) is 10.8. The van der Waals surface area contributed by atoms with E-state index in [0.717, 1.165) is 35.5 Å². The van der Waals surface area contributed by atoms with Crippen LogP contribution in [0.2, 0.25) is 0 Å². The van der Waals surface area contributed by atoms with Crippen LogP contribution in [0.25, 0.3) is 12.2 Å². The summed E-state index contributed by atoms with van der Waals surface area (Å²) in [5.74, 6) is 5.06. The van der Waals surface area contributed by atoms with Gasteiger partial charge in [-0.1, -0.05) is 24.3 Å². The minimum atomic E-state index is 0.454. The predicted molar refractivity (Wildman–Crippen MR) is 126 cm³/mol. The molecule has 1 aliphatic rings. The minimum absolute atomic E-state index is 0.454. The summed E-state index contributed by atoms with van der Waals surface area (Å²) >= 11 is 0. The molecule has 172 valence electrons. The van der Waals surface area contributed by atoms with Crippen molar-refractivity contribution in [3.63, 3.8) is 0 Å². The summed E-state index contributed by atoms with van der Waals surface area (Å²) in [5, 5.41) is 0. The van der Waals surface area contributed by atoms with Gasteiger partial charge in [-0.15, -0.1) is 0 Å². The molecular formula is C26H32O6. The molecular weight excluding hydrogens is 408 g/mol. The first kappa shape index (κ1) is 23.4. The molecule has 0 spiro atoms. The van der Waals surface area contributed by atoms with Crippen LogP contribution >= 0.6 is 0 Å². The van der Waals surface area contributed by atoms with Gasteiger partial charge in [-0.05, 0) is 36.8 Å². The molecule has 0 saturated heterocycles. The molecule has 1 aliphatic carbocycles. The third-order valence-electron chi connectivity index (χ3n) is 5.90. The van der Waals surface area contributed by atoms with Crippen LogP contribution < -0.4 is 28.4 Å². The Balaban J connectivity index is 1.77. The number of hydrogen-bond donors (Lipinski definition) is 0. The molecule has 2 aromatic rings. The Hall–Kier alpha value is -3.28. The Morgan fingerprint density at radius 3 is 1.09 bits per heavy atom. The zero-order valence-corrected chi connectivity index (χ0v) is 19.6. The molecule has 0 unspecified atom stereocenters. The summed E-state index contributed by atoms with van der Waals surface area (Å²) in [7, 11) is 9.81. The van der Waals surface area contributed by atoms with Crippen molar-refractivity contribution in [2.75, 3.05) is 42.7 Å². The smallest absolute Gasteiger partial charge is 0.164 e. The minimum Gasteiger partial charge on any atom is -0.496 e. The van der Waals surface area contributed by atoms with E-state index in [1.807, 2.05) is 24.3 Å². The van der Waals surface area contributed by atoms with Gasteiger partial charge in [-0.3, -0.25) is 0 Å². The van der Waals surface area contributed by atoms with Crippen LogP contribution in [-0.2, 0) is 0 Å². The fraction of sp³-hybridized carbons (Fsp3) is 0.385. The van der Waals surface area contributed by atoms with Gasteiger partial charge in [0.15, 0.2) is 23.0 Å². The van der Waals surface area contributed by atoms with Gasteiger partial charge in [0, 0.05) is 23.3 Å². The van der Waals surface area contributed by atoms with E-state index in [4.69, 9.17) is 28.4 Å². The van der Waals surface area contributed by atoms with Crippen molar-refractivity contribution >= 4 is 12.2 Å². The van der Waals surface area contributed by atoms with Gasteiger partial charge in [0.25, 0.3) is 0 Å². The van der Waals surface area contributed by atoms with Crippen molar-refractivity contribution in [1.82, 2.24) is 0 Å². The molecule has 0 aromatic heterocycles. The van der Waals surface area contributed by atoms with Gasteiger partial charge in [-0.2, -0.15) is 0 Å². The molecule has 0 aliphatic heterocycles. The van der Waals surface area contributed by atoms with Gasteiger partial charge in [0.2, 0.25) is 0 Å². The van der Waals surface area contributed by atoms with Crippen molar-refractivity contribution in [3.05, 3.63) is 47.5 Å². The third kappa shape index (κ3) is 4.96. The number of allylic oxidation sites excluding steroid dienone is 2. The zero-order valence-electron chi connectivity index (χ0n) is 19.6. The summed E-state index contributed by atoms with van der Waals surface area (Å²) in [6.45, 7) is 0. The number of hydrogen-bond acceptors (Lipinski definition) is 6. The van der Waals surface area contributed by atoms with E-state index in [9.17, 15) is 0 Å². The van der Waals surface area contributed by atoms with Crippen molar-refractivity contribution in [2.24, 2.45) is 11.8 Å². The molecule has 0 amide bonds. The molecule has 3 rings (SSSR count). The van der Waals surface area contributed by atoms with Crippen LogP contribution in [0.15, 0.2) is 36.4 Å². The highest BCUT2D eigenvalue weighted by atomic mass is 16.5. The van der Waals surface area contributed by atoms with Crippen molar-refractivity contribution < 1.29 is 28.4 Å². The Kier molecular flexibility index (Phi) is 7.92. The van der Waals surface area contributed by atoms with Crippen LogP contribution in [0.3, 0.4) is 0 Å². The number of benzene rings is 2. The fourth-order valence-electron chi connectivity index (χ4n) is 3.85. The number of ether oxygens (including phenoxy) is 6. The second-order valence-electron chi connectivity index (χ2n) is 7.52. The molecule has 6 nitrogen and oxygen atoms in total. The second-order valence-corrected chi connectivity index (χ2v) is 7.52. The van der Waals surface area contributed by atoms with Crippen molar-refractivity contribution in [1.29, 1.82) is 0 Å². The summed E-state index contributed by atoms with van der Waals surface area (Å²) < 4.78 is 32.7. The Labute approximate surface area is 190 Å². The lowest BCUT2D eigenvalue weighted by atomic mass is 9.73. The van der Waals surface area contributed by atoms with Crippen LogP contribution in [0.4, 0.5) is 0 Å². The monoisotopic (exact) mass is 440 g/mol. The highest BCUT2D eigenvalue weighted by Crippen LogP contribution is 2.41. The summed E-state index contributed by atoms with van der Waals surface area (Å²) in [6, 6.07) is 7.57. The lowest BCUT2D eigenvalue weighted by Crippen LogP contribution is -2.21. The topological polar surface area (TPSA) is 55.4 Å².